The van der Waals surface area contributed by atoms with Crippen LogP contribution in [-0.2, 0) is 4.79 Å². The zero-order chi connectivity index (χ0) is 20.5. The van der Waals surface area contributed by atoms with Crippen molar-refractivity contribution in [3.8, 4) is 0 Å². The first kappa shape index (κ1) is 19.8. The maximum absolute atomic E-state index is 13.3. The number of piperidine rings is 1. The Morgan fingerprint density at radius 1 is 1.21 bits per heavy atom. The van der Waals surface area contributed by atoms with Gasteiger partial charge in [0.25, 0.3) is 0 Å². The minimum atomic E-state index is -0.350. The van der Waals surface area contributed by atoms with Crippen LogP contribution < -0.4 is 15.5 Å². The summed E-state index contributed by atoms with van der Waals surface area (Å²) in [6.07, 6.45) is 3.48. The lowest BCUT2D eigenvalue weighted by molar-refractivity contribution is -0.117. The Bertz CT molecular complexity index is 879. The number of hydrogen-bond donors (Lipinski definition) is 2. The fraction of sp³-hybridized carbons (Fsp3) is 0.478. The van der Waals surface area contributed by atoms with E-state index in [2.05, 4.69) is 47.7 Å². The van der Waals surface area contributed by atoms with E-state index in [-0.39, 0.29) is 29.7 Å². The molecule has 2 aliphatic heterocycles. The fourth-order valence-electron chi connectivity index (χ4n) is 4.75. The summed E-state index contributed by atoms with van der Waals surface area (Å²) >= 11 is 0. The number of aromatic nitrogens is 1. The molecule has 0 bridgehead atoms. The van der Waals surface area contributed by atoms with Gasteiger partial charge in [0.1, 0.15) is 11.6 Å². The second-order valence-corrected chi connectivity index (χ2v) is 8.31. The molecule has 1 fully saturated rings. The van der Waals surface area contributed by atoms with Gasteiger partial charge in [0.15, 0.2) is 0 Å². The Labute approximate surface area is 171 Å². The smallest absolute Gasteiger partial charge is 0.224 e. The average molecular weight is 397 g/mol. The summed E-state index contributed by atoms with van der Waals surface area (Å²) in [5.74, 6) is 1.05. The molecule has 4 rings (SSSR count). The minimum Gasteiger partial charge on any atom is -0.363 e. The Morgan fingerprint density at radius 2 is 1.97 bits per heavy atom. The number of pyridine rings is 1. The molecule has 1 amide bonds. The molecule has 0 saturated carbocycles. The molecule has 1 aromatic heterocycles. The Morgan fingerprint density at radius 3 is 2.62 bits per heavy atom. The van der Waals surface area contributed by atoms with Gasteiger partial charge in [0, 0.05) is 24.6 Å². The number of fused-ring (bicyclic) bond motifs is 1. The zero-order valence-corrected chi connectivity index (χ0v) is 17.3. The van der Waals surface area contributed by atoms with E-state index in [1.165, 1.54) is 17.8 Å². The highest BCUT2D eigenvalue weighted by Crippen LogP contribution is 2.44. The predicted molar refractivity (Wildman–Crippen MR) is 114 cm³/mol. The van der Waals surface area contributed by atoms with E-state index in [1.54, 1.807) is 13.0 Å². The topological polar surface area (TPSA) is 57.3 Å². The van der Waals surface area contributed by atoms with Crippen molar-refractivity contribution in [2.75, 3.05) is 23.3 Å². The van der Waals surface area contributed by atoms with Gasteiger partial charge in [-0.1, -0.05) is 19.1 Å². The Kier molecular flexibility index (Phi) is 5.54. The number of carbonyl (C=O) groups is 1. The van der Waals surface area contributed by atoms with Crippen LogP contribution in [0.2, 0.25) is 0 Å². The number of anilines is 2. The third-order valence-corrected chi connectivity index (χ3v) is 6.52. The molecule has 3 heterocycles. The van der Waals surface area contributed by atoms with Gasteiger partial charge in [-0.2, -0.15) is 0 Å². The lowest BCUT2D eigenvalue weighted by Gasteiger charge is -2.44. The van der Waals surface area contributed by atoms with Crippen molar-refractivity contribution in [1.29, 1.82) is 0 Å². The summed E-state index contributed by atoms with van der Waals surface area (Å²) in [4.78, 5) is 18.6. The van der Waals surface area contributed by atoms with Gasteiger partial charge < -0.3 is 15.5 Å². The SMILES string of the molecule is CC(=O)N1c2ccc(C3CCNCC3)cc2C(Nc2ccc(F)cn2)C(C)[C@@H]1C. The van der Waals surface area contributed by atoms with E-state index < -0.39 is 0 Å². The van der Waals surface area contributed by atoms with Crippen LogP contribution in [0.5, 0.6) is 0 Å². The fourth-order valence-corrected chi connectivity index (χ4v) is 4.75. The maximum atomic E-state index is 13.3. The highest BCUT2D eigenvalue weighted by Gasteiger charge is 2.38. The number of hydrogen-bond acceptors (Lipinski definition) is 4. The van der Waals surface area contributed by atoms with Gasteiger partial charge in [-0.3, -0.25) is 4.79 Å². The van der Waals surface area contributed by atoms with Crippen LogP contribution in [-0.4, -0.2) is 30.0 Å². The second kappa shape index (κ2) is 8.11. The van der Waals surface area contributed by atoms with E-state index >= 15 is 0 Å². The molecule has 2 unspecified atom stereocenters. The Balaban J connectivity index is 1.75. The van der Waals surface area contributed by atoms with Crippen LogP contribution in [0.4, 0.5) is 15.9 Å². The van der Waals surface area contributed by atoms with E-state index in [9.17, 15) is 9.18 Å². The average Bonchev–Trinajstić information content (AvgIpc) is 2.73. The van der Waals surface area contributed by atoms with Crippen LogP contribution in [0.25, 0.3) is 0 Å². The lowest BCUT2D eigenvalue weighted by Crippen LogP contribution is -2.48. The largest absolute Gasteiger partial charge is 0.363 e. The predicted octanol–water partition coefficient (Wildman–Crippen LogP) is 4.23. The van der Waals surface area contributed by atoms with Gasteiger partial charge in [-0.15, -0.1) is 0 Å². The van der Waals surface area contributed by atoms with Crippen molar-refractivity contribution < 1.29 is 9.18 Å². The summed E-state index contributed by atoms with van der Waals surface area (Å²) in [5.41, 5.74) is 3.41. The van der Waals surface area contributed by atoms with Crippen molar-refractivity contribution in [3.05, 3.63) is 53.5 Å². The summed E-state index contributed by atoms with van der Waals surface area (Å²) in [7, 11) is 0. The molecule has 2 N–H and O–H groups in total. The molecule has 154 valence electrons. The number of nitrogens with one attached hydrogen (secondary N) is 2. The maximum Gasteiger partial charge on any atom is 0.224 e. The molecule has 1 aromatic carbocycles. The van der Waals surface area contributed by atoms with Crippen molar-refractivity contribution in [2.45, 2.75) is 51.6 Å². The first-order chi connectivity index (χ1) is 14.0. The first-order valence-electron chi connectivity index (χ1n) is 10.5. The number of halogens is 1. The molecule has 29 heavy (non-hydrogen) atoms. The molecule has 3 atom stereocenters. The monoisotopic (exact) mass is 396 g/mol. The third kappa shape index (κ3) is 3.86. The molecule has 0 aliphatic carbocycles. The standard InChI is InChI=1S/C23H29FN4O/c1-14-15(2)28(16(3)29)21-6-4-18(17-8-10-25-11-9-17)12-20(21)23(14)27-22-7-5-19(24)13-26-22/h4-7,12-15,17,23,25H,8-11H2,1-3H3,(H,26,27)/t14?,15-,23?/m0/s1. The van der Waals surface area contributed by atoms with Crippen molar-refractivity contribution in [2.24, 2.45) is 5.92 Å². The van der Waals surface area contributed by atoms with E-state index in [4.69, 9.17) is 0 Å². The lowest BCUT2D eigenvalue weighted by atomic mass is 9.80. The number of amides is 1. The third-order valence-electron chi connectivity index (χ3n) is 6.52. The molecular weight excluding hydrogens is 367 g/mol. The molecule has 0 spiro atoms. The van der Waals surface area contributed by atoms with Crippen molar-refractivity contribution in [1.82, 2.24) is 10.3 Å². The Hall–Kier alpha value is -2.47. The summed E-state index contributed by atoms with van der Waals surface area (Å²) in [5, 5.41) is 6.93. The molecule has 2 aliphatic rings. The highest BCUT2D eigenvalue weighted by atomic mass is 19.1. The molecular formula is C23H29FN4O. The van der Waals surface area contributed by atoms with Crippen LogP contribution in [0.15, 0.2) is 36.5 Å². The van der Waals surface area contributed by atoms with Gasteiger partial charge in [-0.05, 0) is 68.1 Å². The summed E-state index contributed by atoms with van der Waals surface area (Å²) in [6.45, 7) is 7.94. The van der Waals surface area contributed by atoms with E-state index in [0.29, 0.717) is 11.7 Å². The van der Waals surface area contributed by atoms with Crippen molar-refractivity contribution in [3.63, 3.8) is 0 Å². The van der Waals surface area contributed by atoms with E-state index in [0.717, 1.165) is 37.2 Å². The van der Waals surface area contributed by atoms with E-state index in [1.807, 2.05) is 4.90 Å². The van der Waals surface area contributed by atoms with Gasteiger partial charge >= 0.3 is 0 Å². The normalized spacial score (nSPS) is 24.8. The summed E-state index contributed by atoms with van der Waals surface area (Å²) in [6, 6.07) is 9.67. The molecule has 5 nitrogen and oxygen atoms in total. The quantitative estimate of drug-likeness (QED) is 0.815. The second-order valence-electron chi connectivity index (χ2n) is 8.31. The van der Waals surface area contributed by atoms with Gasteiger partial charge in [0.2, 0.25) is 5.91 Å². The number of rotatable bonds is 3. The van der Waals surface area contributed by atoms with Crippen LogP contribution in [0.1, 0.15) is 56.7 Å². The molecule has 2 aromatic rings. The number of carbonyl (C=O) groups excluding carboxylic acids is 1. The van der Waals surface area contributed by atoms with Gasteiger partial charge in [0.05, 0.1) is 12.2 Å². The van der Waals surface area contributed by atoms with Gasteiger partial charge in [-0.25, -0.2) is 9.37 Å². The van der Waals surface area contributed by atoms with Crippen molar-refractivity contribution >= 4 is 17.4 Å². The zero-order valence-electron chi connectivity index (χ0n) is 17.3. The highest BCUT2D eigenvalue weighted by molar-refractivity contribution is 5.94. The summed E-state index contributed by atoms with van der Waals surface area (Å²) < 4.78 is 13.3. The number of benzene rings is 1. The molecule has 0 radical (unpaired) electrons. The number of nitrogens with zero attached hydrogens (tertiary/aromatic N) is 2. The van der Waals surface area contributed by atoms with Crippen LogP contribution >= 0.6 is 0 Å². The first-order valence-corrected chi connectivity index (χ1v) is 10.5. The van der Waals surface area contributed by atoms with Crippen LogP contribution in [0, 0.1) is 11.7 Å². The molecule has 1 saturated heterocycles. The van der Waals surface area contributed by atoms with Crippen LogP contribution in [0.3, 0.4) is 0 Å². The molecule has 6 heteroatoms. The minimum absolute atomic E-state index is 0.00442.